The fraction of sp³-hybridized carbons (Fsp3) is 0.480. The Labute approximate surface area is 183 Å². The predicted molar refractivity (Wildman–Crippen MR) is 118 cm³/mol. The van der Waals surface area contributed by atoms with Gasteiger partial charge in [-0.05, 0) is 49.1 Å². The van der Waals surface area contributed by atoms with Gasteiger partial charge >= 0.3 is 0 Å². The fourth-order valence-corrected chi connectivity index (χ4v) is 5.34. The van der Waals surface area contributed by atoms with Crippen LogP contribution in [0.15, 0.2) is 42.5 Å². The van der Waals surface area contributed by atoms with Gasteiger partial charge in [-0.15, -0.1) is 0 Å². The molecular formula is C25H31NO5. The van der Waals surface area contributed by atoms with Gasteiger partial charge in [-0.2, -0.15) is 0 Å². The second-order valence-corrected chi connectivity index (χ2v) is 8.47. The molecule has 2 aliphatic rings. The van der Waals surface area contributed by atoms with E-state index in [1.165, 1.54) is 0 Å². The minimum atomic E-state index is -0.767. The van der Waals surface area contributed by atoms with Crippen molar-refractivity contribution in [3.05, 3.63) is 53.6 Å². The average molecular weight is 426 g/mol. The number of hydrogen-bond donors (Lipinski definition) is 1. The highest BCUT2D eigenvalue weighted by Gasteiger charge is 2.50. The summed E-state index contributed by atoms with van der Waals surface area (Å²) in [5.74, 6) is 1.55. The summed E-state index contributed by atoms with van der Waals surface area (Å²) in [7, 11) is 4.75. The number of nitrogens with zero attached hydrogens (tertiary/aromatic N) is 1. The highest BCUT2D eigenvalue weighted by atomic mass is 16.5. The zero-order valence-corrected chi connectivity index (χ0v) is 18.5. The highest BCUT2D eigenvalue weighted by Crippen LogP contribution is 2.51. The van der Waals surface area contributed by atoms with Gasteiger partial charge in [0, 0.05) is 18.0 Å². The minimum absolute atomic E-state index is 0.0213. The summed E-state index contributed by atoms with van der Waals surface area (Å²) in [5, 5.41) is 11.5. The smallest absolute Gasteiger partial charge is 0.254 e. The number of hydrogen-bond acceptors (Lipinski definition) is 5. The molecule has 31 heavy (non-hydrogen) atoms. The van der Waals surface area contributed by atoms with E-state index in [1.54, 1.807) is 21.3 Å². The Kier molecular flexibility index (Phi) is 6.10. The molecule has 2 aromatic carbocycles. The Balaban J connectivity index is 1.83. The molecule has 2 aromatic rings. The Bertz CT molecular complexity index is 906. The molecule has 2 fully saturated rings. The third kappa shape index (κ3) is 3.85. The van der Waals surface area contributed by atoms with E-state index in [9.17, 15) is 9.90 Å². The minimum Gasteiger partial charge on any atom is -0.493 e. The standard InChI is InChI=1S/C25H31NO5/c1-29-20-15-18(16-21(30-2)23(20)31-3)22-19-11-7-8-12-25(19,28)13-14-26(22)24(27)17-9-5-4-6-10-17/h4-6,9-10,15-16,19,22,28H,7-8,11-14H2,1-3H3. The van der Waals surface area contributed by atoms with E-state index in [4.69, 9.17) is 14.2 Å². The molecule has 4 rings (SSSR count). The van der Waals surface area contributed by atoms with Gasteiger partial charge in [0.05, 0.1) is 33.0 Å². The van der Waals surface area contributed by atoms with Gasteiger partial charge in [0.15, 0.2) is 11.5 Å². The number of aliphatic hydroxyl groups is 1. The van der Waals surface area contributed by atoms with Crippen LogP contribution in [0.4, 0.5) is 0 Å². The monoisotopic (exact) mass is 425 g/mol. The van der Waals surface area contributed by atoms with Crippen molar-refractivity contribution < 1.29 is 24.1 Å². The number of piperidine rings is 1. The van der Waals surface area contributed by atoms with Gasteiger partial charge in [0.1, 0.15) is 0 Å². The van der Waals surface area contributed by atoms with E-state index < -0.39 is 5.60 Å². The summed E-state index contributed by atoms with van der Waals surface area (Å²) >= 11 is 0. The molecule has 3 unspecified atom stereocenters. The van der Waals surface area contributed by atoms with Gasteiger partial charge in [-0.25, -0.2) is 0 Å². The third-order valence-corrected chi connectivity index (χ3v) is 6.88. The topological polar surface area (TPSA) is 68.2 Å². The van der Waals surface area contributed by atoms with Crippen LogP contribution in [0.25, 0.3) is 0 Å². The second-order valence-electron chi connectivity index (χ2n) is 8.47. The maximum atomic E-state index is 13.6. The van der Waals surface area contributed by atoms with E-state index in [0.29, 0.717) is 35.8 Å². The quantitative estimate of drug-likeness (QED) is 0.777. The van der Waals surface area contributed by atoms with Crippen molar-refractivity contribution in [2.24, 2.45) is 5.92 Å². The van der Waals surface area contributed by atoms with Crippen LogP contribution in [-0.2, 0) is 0 Å². The first-order valence-corrected chi connectivity index (χ1v) is 10.9. The van der Waals surface area contributed by atoms with Crippen LogP contribution >= 0.6 is 0 Å². The van der Waals surface area contributed by atoms with Crippen LogP contribution < -0.4 is 14.2 Å². The molecule has 0 radical (unpaired) electrons. The van der Waals surface area contributed by atoms with Crippen LogP contribution in [-0.4, -0.2) is 49.4 Å². The van der Waals surface area contributed by atoms with Gasteiger partial charge in [-0.3, -0.25) is 4.79 Å². The van der Waals surface area contributed by atoms with E-state index >= 15 is 0 Å². The van der Waals surface area contributed by atoms with Crippen molar-refractivity contribution in [3.63, 3.8) is 0 Å². The third-order valence-electron chi connectivity index (χ3n) is 6.88. The average Bonchev–Trinajstić information content (AvgIpc) is 2.82. The van der Waals surface area contributed by atoms with Crippen molar-refractivity contribution in [1.82, 2.24) is 4.90 Å². The van der Waals surface area contributed by atoms with Crippen LogP contribution in [0.3, 0.4) is 0 Å². The van der Waals surface area contributed by atoms with Crippen molar-refractivity contribution in [2.45, 2.75) is 43.7 Å². The number of fused-ring (bicyclic) bond motifs is 1. The Hall–Kier alpha value is -2.73. The lowest BCUT2D eigenvalue weighted by molar-refractivity contribution is -0.115. The van der Waals surface area contributed by atoms with Gasteiger partial charge < -0.3 is 24.2 Å². The Morgan fingerprint density at radius 2 is 1.68 bits per heavy atom. The number of likely N-dealkylation sites (tertiary alicyclic amines) is 1. The second kappa shape index (κ2) is 8.79. The number of methoxy groups -OCH3 is 3. The van der Waals surface area contributed by atoms with Gasteiger partial charge in [-0.1, -0.05) is 31.0 Å². The molecule has 1 saturated carbocycles. The number of rotatable bonds is 5. The normalized spacial score (nSPS) is 25.5. The molecular weight excluding hydrogens is 394 g/mol. The van der Waals surface area contributed by atoms with Crippen molar-refractivity contribution in [2.75, 3.05) is 27.9 Å². The number of carbonyl (C=O) groups is 1. The molecule has 0 aromatic heterocycles. The molecule has 1 amide bonds. The molecule has 0 spiro atoms. The zero-order valence-electron chi connectivity index (χ0n) is 18.5. The highest BCUT2D eigenvalue weighted by molar-refractivity contribution is 5.94. The number of ether oxygens (including phenoxy) is 3. The maximum absolute atomic E-state index is 13.6. The molecule has 0 bridgehead atoms. The van der Waals surface area contributed by atoms with Crippen LogP contribution in [0, 0.1) is 5.92 Å². The lowest BCUT2D eigenvalue weighted by atomic mass is 9.66. The van der Waals surface area contributed by atoms with Crippen molar-refractivity contribution >= 4 is 5.91 Å². The summed E-state index contributed by atoms with van der Waals surface area (Å²) in [6.07, 6.45) is 4.29. The van der Waals surface area contributed by atoms with E-state index in [0.717, 1.165) is 31.2 Å². The molecule has 1 heterocycles. The van der Waals surface area contributed by atoms with Gasteiger partial charge in [0.25, 0.3) is 5.91 Å². The lowest BCUT2D eigenvalue weighted by Crippen LogP contribution is -2.56. The summed E-state index contributed by atoms with van der Waals surface area (Å²) < 4.78 is 16.7. The maximum Gasteiger partial charge on any atom is 0.254 e. The number of carbonyl (C=O) groups excluding carboxylic acids is 1. The molecule has 1 aliphatic heterocycles. The van der Waals surface area contributed by atoms with Crippen LogP contribution in [0.2, 0.25) is 0 Å². The van der Waals surface area contributed by atoms with Crippen molar-refractivity contribution in [3.8, 4) is 17.2 Å². The predicted octanol–water partition coefficient (Wildman–Crippen LogP) is 4.22. The van der Waals surface area contributed by atoms with E-state index in [-0.39, 0.29) is 17.9 Å². The molecule has 1 N–H and O–H groups in total. The Morgan fingerprint density at radius 3 is 2.29 bits per heavy atom. The summed E-state index contributed by atoms with van der Waals surface area (Å²) in [6.45, 7) is 0.502. The van der Waals surface area contributed by atoms with Crippen LogP contribution in [0.1, 0.15) is 54.1 Å². The van der Waals surface area contributed by atoms with E-state index in [2.05, 4.69) is 0 Å². The first kappa shape index (κ1) is 21.5. The zero-order chi connectivity index (χ0) is 22.0. The number of benzene rings is 2. The summed E-state index contributed by atoms with van der Waals surface area (Å²) in [6, 6.07) is 12.9. The molecule has 6 nitrogen and oxygen atoms in total. The fourth-order valence-electron chi connectivity index (χ4n) is 5.34. The number of amides is 1. The Morgan fingerprint density at radius 1 is 1.00 bits per heavy atom. The molecule has 3 atom stereocenters. The molecule has 1 aliphatic carbocycles. The lowest BCUT2D eigenvalue weighted by Gasteiger charge is -2.52. The van der Waals surface area contributed by atoms with Crippen molar-refractivity contribution in [1.29, 1.82) is 0 Å². The summed E-state index contributed by atoms with van der Waals surface area (Å²) in [4.78, 5) is 15.5. The van der Waals surface area contributed by atoms with E-state index in [1.807, 2.05) is 47.4 Å². The SMILES string of the molecule is COc1cc(C2C3CCCCC3(O)CCN2C(=O)c2ccccc2)cc(OC)c1OC. The molecule has 1 saturated heterocycles. The largest absolute Gasteiger partial charge is 0.493 e. The van der Waals surface area contributed by atoms with Gasteiger partial charge in [0.2, 0.25) is 5.75 Å². The first-order chi connectivity index (χ1) is 15.0. The first-order valence-electron chi connectivity index (χ1n) is 10.9. The van der Waals surface area contributed by atoms with Crippen LogP contribution in [0.5, 0.6) is 17.2 Å². The summed E-state index contributed by atoms with van der Waals surface area (Å²) in [5.41, 5.74) is 0.779. The molecule has 166 valence electrons. The molecule has 6 heteroatoms.